The number of fused-ring (bicyclic) bond motifs is 19. The number of para-hydroxylation sites is 3. The van der Waals surface area contributed by atoms with Gasteiger partial charge in [0.05, 0.1) is 11.0 Å². The standard InChI is InChI=1S/C74H57BN4/c1-73(2,3)43-31-33-63-55(37-43)56-38-44(74(4,5)6)39-60-72(56)78(63)65-35-42(67-51(57-40-76(7)61-29-15-13-22-48(57)61)25-17-26-52(67)58-41-77(8)62-30-16-14-23-49(58)62)36-66-70(65)75(60)59-28-18-27-54-69-64(79(66)71(54)59)34-32-53-47-21-10-9-19-45(47)46-20-11-12-24-50(46)68(53)69/h9-41H,1-8H3. The number of benzene rings is 11. The van der Waals surface area contributed by atoms with Gasteiger partial charge < -0.3 is 18.3 Å². The molecule has 0 N–H and O–H groups in total. The number of hydrogen-bond acceptors (Lipinski definition) is 0. The highest BCUT2D eigenvalue weighted by Gasteiger charge is 2.42. The third-order valence-corrected chi connectivity index (χ3v) is 18.6. The first kappa shape index (κ1) is 45.0. The minimum atomic E-state index is -0.0879. The van der Waals surface area contributed by atoms with Crippen molar-refractivity contribution in [3.05, 3.63) is 212 Å². The molecule has 4 aromatic heterocycles. The van der Waals surface area contributed by atoms with E-state index in [0.717, 1.165) is 0 Å². The van der Waals surface area contributed by atoms with Crippen molar-refractivity contribution >= 4 is 121 Å². The Labute approximate surface area is 459 Å². The zero-order valence-corrected chi connectivity index (χ0v) is 45.9. The number of nitrogens with zero attached hydrogens (tertiary/aromatic N) is 4. The van der Waals surface area contributed by atoms with Gasteiger partial charge in [0, 0.05) is 109 Å². The molecule has 376 valence electrons. The average Bonchev–Trinajstić information content (AvgIpc) is 4.20. The van der Waals surface area contributed by atoms with Gasteiger partial charge in [-0.15, -0.1) is 0 Å². The maximum Gasteiger partial charge on any atom is 0.252 e. The minimum Gasteiger partial charge on any atom is -0.350 e. The molecule has 0 unspecified atom stereocenters. The second-order valence-corrected chi connectivity index (χ2v) is 25.0. The lowest BCUT2D eigenvalue weighted by atomic mass is 9.34. The Morgan fingerprint density at radius 3 is 1.46 bits per heavy atom. The number of aryl methyl sites for hydroxylation is 2. The quantitative estimate of drug-likeness (QED) is 0.124. The van der Waals surface area contributed by atoms with E-state index >= 15 is 0 Å². The van der Waals surface area contributed by atoms with Crippen molar-refractivity contribution in [1.29, 1.82) is 0 Å². The number of rotatable bonds is 3. The second kappa shape index (κ2) is 15.4. The molecular formula is C74H57BN4. The van der Waals surface area contributed by atoms with Crippen LogP contribution in [0.2, 0.25) is 0 Å². The maximum atomic E-state index is 2.69. The molecule has 0 atom stereocenters. The summed E-state index contributed by atoms with van der Waals surface area (Å²) in [6, 6.07) is 72.7. The Morgan fingerprint density at radius 1 is 0.342 bits per heavy atom. The van der Waals surface area contributed by atoms with Crippen molar-refractivity contribution in [3.63, 3.8) is 0 Å². The Kier molecular flexibility index (Phi) is 8.75. The van der Waals surface area contributed by atoms with E-state index in [1.54, 1.807) is 0 Å². The van der Waals surface area contributed by atoms with Gasteiger partial charge in [-0.1, -0.05) is 181 Å². The largest absolute Gasteiger partial charge is 0.350 e. The Hall–Kier alpha value is -9.06. The smallest absolute Gasteiger partial charge is 0.252 e. The molecule has 0 spiro atoms. The van der Waals surface area contributed by atoms with Crippen LogP contribution in [0.15, 0.2) is 200 Å². The summed E-state index contributed by atoms with van der Waals surface area (Å²) < 4.78 is 9.98. The van der Waals surface area contributed by atoms with Crippen molar-refractivity contribution in [3.8, 4) is 44.8 Å². The molecule has 0 radical (unpaired) electrons. The van der Waals surface area contributed by atoms with Crippen LogP contribution in [0.5, 0.6) is 0 Å². The third-order valence-electron chi connectivity index (χ3n) is 18.6. The van der Waals surface area contributed by atoms with Crippen LogP contribution < -0.4 is 16.4 Å². The molecule has 79 heavy (non-hydrogen) atoms. The summed E-state index contributed by atoms with van der Waals surface area (Å²) in [5.74, 6) is 0. The Balaban J connectivity index is 1.09. The van der Waals surface area contributed by atoms with Gasteiger partial charge in [-0.05, 0) is 136 Å². The predicted molar refractivity (Wildman–Crippen MR) is 339 cm³/mol. The predicted octanol–water partition coefficient (Wildman–Crippen LogP) is 17.1. The summed E-state index contributed by atoms with van der Waals surface area (Å²) in [7, 11) is 4.38. The SMILES string of the molecule is Cn1cc(-c2cccc(-c3cn(C)c4ccccc34)c2-c2cc3c4c(c2)-n2c5ccc6c7ccccc7c7ccccc7c6c5c5cccc(c52)B4c2cc(C(C)(C)C)cc4c5cc(C(C)(C)C)ccc5n-3c24)c2ccccc21. The maximum absolute atomic E-state index is 2.69. The van der Waals surface area contributed by atoms with Gasteiger partial charge in [0.1, 0.15) is 0 Å². The van der Waals surface area contributed by atoms with Gasteiger partial charge >= 0.3 is 0 Å². The molecular weight excluding hydrogens is 956 g/mol. The van der Waals surface area contributed by atoms with Crippen LogP contribution in [0.25, 0.3) is 142 Å². The van der Waals surface area contributed by atoms with E-state index in [1.807, 2.05) is 0 Å². The molecule has 0 bridgehead atoms. The van der Waals surface area contributed by atoms with E-state index in [2.05, 4.69) is 274 Å². The highest BCUT2D eigenvalue weighted by Crippen LogP contribution is 2.50. The zero-order valence-electron chi connectivity index (χ0n) is 45.9. The topological polar surface area (TPSA) is 19.7 Å². The van der Waals surface area contributed by atoms with Gasteiger partial charge in [0.2, 0.25) is 0 Å². The lowest BCUT2D eigenvalue weighted by Gasteiger charge is -2.35. The van der Waals surface area contributed by atoms with Crippen LogP contribution in [-0.2, 0) is 24.9 Å². The van der Waals surface area contributed by atoms with Gasteiger partial charge in [-0.3, -0.25) is 0 Å². The average molecular weight is 1010 g/mol. The summed E-state index contributed by atoms with van der Waals surface area (Å²) in [4.78, 5) is 0. The van der Waals surface area contributed by atoms with Crippen LogP contribution in [0.1, 0.15) is 52.7 Å². The molecule has 0 fully saturated rings. The Bertz CT molecular complexity index is 5110. The van der Waals surface area contributed by atoms with E-state index in [4.69, 9.17) is 0 Å². The molecule has 6 heterocycles. The Morgan fingerprint density at radius 2 is 0.835 bits per heavy atom. The molecule has 0 saturated carbocycles. The highest BCUT2D eigenvalue weighted by molar-refractivity contribution is 7.00. The van der Waals surface area contributed by atoms with Crippen LogP contribution >= 0.6 is 0 Å². The van der Waals surface area contributed by atoms with Gasteiger partial charge in [-0.2, -0.15) is 0 Å². The normalized spacial score (nSPS) is 13.3. The summed E-state index contributed by atoms with van der Waals surface area (Å²) in [5, 5.41) is 15.5. The van der Waals surface area contributed by atoms with E-state index in [0.29, 0.717) is 0 Å². The minimum absolute atomic E-state index is 0.0255. The molecule has 15 aromatic rings. The van der Waals surface area contributed by atoms with E-state index in [1.165, 1.54) is 170 Å². The van der Waals surface area contributed by atoms with Crippen LogP contribution in [0, 0.1) is 0 Å². The first-order valence-corrected chi connectivity index (χ1v) is 28.1. The monoisotopic (exact) mass is 1010 g/mol. The first-order valence-electron chi connectivity index (χ1n) is 28.1. The lowest BCUT2D eigenvalue weighted by molar-refractivity contribution is 0.590. The second-order valence-electron chi connectivity index (χ2n) is 25.0. The number of hydrogen-bond donors (Lipinski definition) is 0. The molecule has 17 rings (SSSR count). The molecule has 11 aromatic carbocycles. The molecule has 5 heteroatoms. The fraction of sp³-hybridized carbons (Fsp3) is 0.135. The van der Waals surface area contributed by atoms with E-state index < -0.39 is 0 Å². The van der Waals surface area contributed by atoms with Gasteiger partial charge in [0.15, 0.2) is 0 Å². The van der Waals surface area contributed by atoms with Crippen LogP contribution in [0.4, 0.5) is 0 Å². The fourth-order valence-corrected chi connectivity index (χ4v) is 14.9. The zero-order chi connectivity index (χ0) is 53.1. The van der Waals surface area contributed by atoms with E-state index in [9.17, 15) is 0 Å². The summed E-state index contributed by atoms with van der Waals surface area (Å²) in [6.45, 7) is 14.2. The van der Waals surface area contributed by atoms with Crippen molar-refractivity contribution < 1.29 is 0 Å². The van der Waals surface area contributed by atoms with Crippen molar-refractivity contribution in [2.24, 2.45) is 14.1 Å². The van der Waals surface area contributed by atoms with Crippen LogP contribution in [-0.4, -0.2) is 25.0 Å². The van der Waals surface area contributed by atoms with Crippen molar-refractivity contribution in [1.82, 2.24) is 18.3 Å². The fourth-order valence-electron chi connectivity index (χ4n) is 14.9. The molecule has 4 nitrogen and oxygen atoms in total. The summed E-state index contributed by atoms with van der Waals surface area (Å²) in [5.41, 5.74) is 24.0. The van der Waals surface area contributed by atoms with Gasteiger partial charge in [-0.25, -0.2) is 0 Å². The summed E-state index contributed by atoms with van der Waals surface area (Å²) in [6.07, 6.45) is 4.71. The van der Waals surface area contributed by atoms with Crippen LogP contribution in [0.3, 0.4) is 0 Å². The van der Waals surface area contributed by atoms with E-state index in [-0.39, 0.29) is 17.5 Å². The summed E-state index contributed by atoms with van der Waals surface area (Å²) >= 11 is 0. The molecule has 2 aliphatic heterocycles. The highest BCUT2D eigenvalue weighted by atomic mass is 15.0. The van der Waals surface area contributed by atoms with Crippen molar-refractivity contribution in [2.75, 3.05) is 0 Å². The van der Waals surface area contributed by atoms with Crippen molar-refractivity contribution in [2.45, 2.75) is 52.4 Å². The number of aromatic nitrogens is 4. The third kappa shape index (κ3) is 5.89. The first-order chi connectivity index (χ1) is 38.3. The van der Waals surface area contributed by atoms with Gasteiger partial charge in [0.25, 0.3) is 6.71 Å². The molecule has 0 amide bonds. The lowest BCUT2D eigenvalue weighted by Crippen LogP contribution is -2.59. The molecule has 2 aliphatic rings. The molecule has 0 aliphatic carbocycles. The molecule has 0 saturated heterocycles.